The molecule has 0 amide bonds. The Labute approximate surface area is 97.5 Å². The van der Waals surface area contributed by atoms with Crippen LogP contribution in [0.15, 0.2) is 6.20 Å². The van der Waals surface area contributed by atoms with Gasteiger partial charge in [0.25, 0.3) is 0 Å². The summed E-state index contributed by atoms with van der Waals surface area (Å²) in [6, 6.07) is 0.255. The number of aromatic nitrogens is 2. The van der Waals surface area contributed by atoms with E-state index in [1.165, 1.54) is 5.69 Å². The largest absolute Gasteiger partial charge is 0.394 e. The van der Waals surface area contributed by atoms with Crippen molar-refractivity contribution in [2.75, 3.05) is 6.61 Å². The molecule has 0 aliphatic carbocycles. The van der Waals surface area contributed by atoms with E-state index in [1.54, 1.807) is 0 Å². The van der Waals surface area contributed by atoms with Crippen LogP contribution in [0.1, 0.15) is 51.2 Å². The van der Waals surface area contributed by atoms with E-state index in [2.05, 4.69) is 36.5 Å². The summed E-state index contributed by atoms with van der Waals surface area (Å²) in [4.78, 5) is 4.69. The number of hydrogen-bond acceptors (Lipinski definition) is 2. The maximum atomic E-state index is 9.33. The fourth-order valence-corrected chi connectivity index (χ4v) is 2.43. The number of aliphatic hydroxyl groups excluding tert-OH is 1. The van der Waals surface area contributed by atoms with Crippen LogP contribution in [0.2, 0.25) is 0 Å². The van der Waals surface area contributed by atoms with Gasteiger partial charge in [-0.2, -0.15) is 0 Å². The molecule has 2 rings (SSSR count). The van der Waals surface area contributed by atoms with Crippen molar-refractivity contribution < 1.29 is 5.11 Å². The Morgan fingerprint density at radius 2 is 2.25 bits per heavy atom. The zero-order valence-electron chi connectivity index (χ0n) is 10.5. The van der Waals surface area contributed by atoms with Gasteiger partial charge in [0.2, 0.25) is 0 Å². The van der Waals surface area contributed by atoms with E-state index in [-0.39, 0.29) is 18.1 Å². The van der Waals surface area contributed by atoms with Gasteiger partial charge >= 0.3 is 0 Å². The molecule has 0 saturated heterocycles. The first-order valence-electron chi connectivity index (χ1n) is 6.17. The first kappa shape index (κ1) is 11.6. The van der Waals surface area contributed by atoms with Gasteiger partial charge in [-0.3, -0.25) is 0 Å². The third-order valence-corrected chi connectivity index (χ3v) is 3.11. The lowest BCUT2D eigenvalue weighted by Crippen LogP contribution is -2.20. The number of imidazole rings is 1. The lowest BCUT2D eigenvalue weighted by molar-refractivity contribution is 0.206. The van der Waals surface area contributed by atoms with E-state index in [0.717, 1.165) is 31.5 Å². The molecule has 1 aliphatic heterocycles. The van der Waals surface area contributed by atoms with E-state index in [1.807, 2.05) is 0 Å². The van der Waals surface area contributed by atoms with Gasteiger partial charge in [0.1, 0.15) is 5.82 Å². The van der Waals surface area contributed by atoms with Crippen LogP contribution in [0.4, 0.5) is 0 Å². The van der Waals surface area contributed by atoms with Crippen LogP contribution < -0.4 is 0 Å². The van der Waals surface area contributed by atoms with Crippen LogP contribution in [-0.4, -0.2) is 21.3 Å². The lowest BCUT2D eigenvalue weighted by atomic mass is 9.91. The van der Waals surface area contributed by atoms with Gasteiger partial charge in [0.05, 0.1) is 18.3 Å². The van der Waals surface area contributed by atoms with Gasteiger partial charge in [0, 0.05) is 12.6 Å². The van der Waals surface area contributed by atoms with Gasteiger partial charge in [-0.05, 0) is 24.7 Å². The highest BCUT2D eigenvalue weighted by Gasteiger charge is 2.22. The molecule has 2 heterocycles. The van der Waals surface area contributed by atoms with E-state index >= 15 is 0 Å². The van der Waals surface area contributed by atoms with Gasteiger partial charge < -0.3 is 9.67 Å². The second kappa shape index (κ2) is 4.21. The molecule has 0 aromatic carbocycles. The summed E-state index contributed by atoms with van der Waals surface area (Å²) in [6.45, 7) is 6.93. The van der Waals surface area contributed by atoms with Gasteiger partial charge in [-0.1, -0.05) is 20.8 Å². The number of rotatable bonds is 2. The topological polar surface area (TPSA) is 38.0 Å². The molecule has 1 unspecified atom stereocenters. The van der Waals surface area contributed by atoms with Crippen LogP contribution >= 0.6 is 0 Å². The van der Waals surface area contributed by atoms with Crippen molar-refractivity contribution in [3.05, 3.63) is 17.7 Å². The normalized spacial score (nSPS) is 20.9. The van der Waals surface area contributed by atoms with Crippen molar-refractivity contribution in [1.82, 2.24) is 9.55 Å². The Balaban J connectivity index is 2.22. The lowest BCUT2D eigenvalue weighted by Gasteiger charge is -2.22. The van der Waals surface area contributed by atoms with E-state index in [4.69, 9.17) is 0 Å². The summed E-state index contributed by atoms with van der Waals surface area (Å²) >= 11 is 0. The van der Waals surface area contributed by atoms with Crippen LogP contribution in [0, 0.1) is 5.41 Å². The molecule has 0 saturated carbocycles. The quantitative estimate of drug-likeness (QED) is 0.834. The summed E-state index contributed by atoms with van der Waals surface area (Å²) in [7, 11) is 0. The molecule has 1 aromatic heterocycles. The second-order valence-electron chi connectivity index (χ2n) is 6.02. The highest BCUT2D eigenvalue weighted by Crippen LogP contribution is 2.27. The van der Waals surface area contributed by atoms with Crippen molar-refractivity contribution in [1.29, 1.82) is 0 Å². The maximum absolute atomic E-state index is 9.33. The number of aliphatic hydroxyl groups is 1. The minimum Gasteiger partial charge on any atom is -0.394 e. The van der Waals surface area contributed by atoms with E-state index < -0.39 is 0 Å². The Kier molecular flexibility index (Phi) is 3.06. The van der Waals surface area contributed by atoms with Gasteiger partial charge in [-0.25, -0.2) is 4.98 Å². The van der Waals surface area contributed by atoms with Crippen molar-refractivity contribution in [3.63, 3.8) is 0 Å². The smallest absolute Gasteiger partial charge is 0.109 e. The van der Waals surface area contributed by atoms with Gasteiger partial charge in [-0.15, -0.1) is 0 Å². The molecule has 3 nitrogen and oxygen atoms in total. The van der Waals surface area contributed by atoms with E-state index in [0.29, 0.717) is 0 Å². The third-order valence-electron chi connectivity index (χ3n) is 3.11. The highest BCUT2D eigenvalue weighted by molar-refractivity contribution is 5.09. The molecule has 0 radical (unpaired) electrons. The molecule has 16 heavy (non-hydrogen) atoms. The van der Waals surface area contributed by atoms with Crippen molar-refractivity contribution >= 4 is 0 Å². The standard InChI is InChI=1S/C13H22N2O/c1-13(2,3)7-10-8-15-11(9-16)5-4-6-12(15)14-10/h8,11,16H,4-7,9H2,1-3H3. The highest BCUT2D eigenvalue weighted by atomic mass is 16.3. The van der Waals surface area contributed by atoms with Crippen LogP contribution in [-0.2, 0) is 12.8 Å². The molecule has 3 heteroatoms. The van der Waals surface area contributed by atoms with Gasteiger partial charge in [0.15, 0.2) is 0 Å². The number of fused-ring (bicyclic) bond motifs is 1. The number of hydrogen-bond donors (Lipinski definition) is 1. The molecular weight excluding hydrogens is 200 g/mol. The predicted octanol–water partition coefficient (Wildman–Crippen LogP) is 2.34. The Bertz CT molecular complexity index is 362. The molecule has 90 valence electrons. The fraction of sp³-hybridized carbons (Fsp3) is 0.769. The summed E-state index contributed by atoms with van der Waals surface area (Å²) in [5.74, 6) is 1.16. The molecule has 0 fully saturated rings. The number of nitrogens with zero attached hydrogens (tertiary/aromatic N) is 2. The summed E-state index contributed by atoms with van der Waals surface area (Å²) in [5, 5.41) is 9.33. The fourth-order valence-electron chi connectivity index (χ4n) is 2.43. The third kappa shape index (κ3) is 2.46. The molecule has 0 spiro atoms. The summed E-state index contributed by atoms with van der Waals surface area (Å²) < 4.78 is 2.19. The SMILES string of the molecule is CC(C)(C)Cc1cn2c(n1)CCCC2CO. The van der Waals surface area contributed by atoms with Crippen molar-refractivity contribution in [2.24, 2.45) is 5.41 Å². The van der Waals surface area contributed by atoms with Crippen molar-refractivity contribution in [3.8, 4) is 0 Å². The molecule has 1 aliphatic rings. The Morgan fingerprint density at radius 1 is 1.50 bits per heavy atom. The first-order valence-corrected chi connectivity index (χ1v) is 6.17. The summed E-state index contributed by atoms with van der Waals surface area (Å²) in [5.41, 5.74) is 1.45. The Morgan fingerprint density at radius 3 is 2.88 bits per heavy atom. The predicted molar refractivity (Wildman–Crippen MR) is 64.4 cm³/mol. The van der Waals surface area contributed by atoms with Crippen molar-refractivity contribution in [2.45, 2.75) is 52.5 Å². The van der Waals surface area contributed by atoms with E-state index in [9.17, 15) is 5.11 Å². The Hall–Kier alpha value is -0.830. The van der Waals surface area contributed by atoms with Crippen LogP contribution in [0.3, 0.4) is 0 Å². The number of aryl methyl sites for hydroxylation is 1. The molecule has 1 aromatic rings. The second-order valence-corrected chi connectivity index (χ2v) is 6.02. The van der Waals surface area contributed by atoms with Crippen LogP contribution in [0.5, 0.6) is 0 Å². The molecule has 1 atom stereocenters. The first-order chi connectivity index (χ1) is 7.49. The maximum Gasteiger partial charge on any atom is 0.109 e. The minimum atomic E-state index is 0.234. The molecular formula is C13H22N2O. The average molecular weight is 222 g/mol. The summed E-state index contributed by atoms with van der Waals surface area (Å²) in [6.07, 6.45) is 6.43. The average Bonchev–Trinajstić information content (AvgIpc) is 2.56. The minimum absolute atomic E-state index is 0.234. The monoisotopic (exact) mass is 222 g/mol. The molecule has 1 N–H and O–H groups in total. The zero-order chi connectivity index (χ0) is 11.8. The molecule has 0 bridgehead atoms. The van der Waals surface area contributed by atoms with Crippen LogP contribution in [0.25, 0.3) is 0 Å². The zero-order valence-corrected chi connectivity index (χ0v) is 10.5.